The van der Waals surface area contributed by atoms with Gasteiger partial charge in [0, 0.05) is 16.0 Å². The average Bonchev–Trinajstić information content (AvgIpc) is 2.86. The minimum absolute atomic E-state index is 0.207. The summed E-state index contributed by atoms with van der Waals surface area (Å²) in [5, 5.41) is 3.36. The van der Waals surface area contributed by atoms with Gasteiger partial charge in [-0.2, -0.15) is 0 Å². The number of hydrogen-bond acceptors (Lipinski definition) is 2. The Morgan fingerprint density at radius 1 is 1.33 bits per heavy atom. The first-order valence-electron chi connectivity index (χ1n) is 6.12. The largest absolute Gasteiger partial charge is 0.441 e. The number of nitrogens with one attached hydrogen (secondary N) is 1. The van der Waals surface area contributed by atoms with Crippen molar-refractivity contribution < 1.29 is 9.53 Å². The summed E-state index contributed by atoms with van der Waals surface area (Å²) in [6, 6.07) is 3.71. The molecular formula is C13H13BrClNO2. The fraction of sp³-hybridized carbons (Fsp3) is 0.462. The van der Waals surface area contributed by atoms with Gasteiger partial charge in [0.05, 0.1) is 10.7 Å². The third kappa shape index (κ3) is 2.01. The highest BCUT2D eigenvalue weighted by Gasteiger charge is 2.36. The van der Waals surface area contributed by atoms with Gasteiger partial charge in [-0.25, -0.2) is 4.79 Å². The zero-order valence-corrected chi connectivity index (χ0v) is 12.1. The molecule has 0 saturated heterocycles. The molecule has 0 spiro atoms. The smallest absolute Gasteiger partial charge is 0.412 e. The molecule has 3 nitrogen and oxygen atoms in total. The van der Waals surface area contributed by atoms with Gasteiger partial charge in [0.25, 0.3) is 0 Å². The van der Waals surface area contributed by atoms with Crippen LogP contribution in [0.2, 0.25) is 5.02 Å². The molecule has 1 N–H and O–H groups in total. The van der Waals surface area contributed by atoms with E-state index in [0.29, 0.717) is 10.9 Å². The second kappa shape index (κ2) is 4.74. The highest BCUT2D eigenvalue weighted by Crippen LogP contribution is 2.47. The van der Waals surface area contributed by atoms with Crippen molar-refractivity contribution in [2.75, 3.05) is 5.32 Å². The number of rotatable bonds is 1. The van der Waals surface area contributed by atoms with E-state index in [1.54, 1.807) is 0 Å². The van der Waals surface area contributed by atoms with Gasteiger partial charge in [-0.3, -0.25) is 5.32 Å². The van der Waals surface area contributed by atoms with E-state index < -0.39 is 0 Å². The summed E-state index contributed by atoms with van der Waals surface area (Å²) < 4.78 is 6.32. The standard InChI is InChI=1S/C13H13BrClNO2/c14-8-5-6-9-10(11(8)15)12(18-13(17)16-9)7-3-1-2-4-7/h5-7,12H,1-4H2,(H,16,17). The van der Waals surface area contributed by atoms with Crippen LogP contribution in [-0.2, 0) is 4.74 Å². The molecule has 1 aliphatic heterocycles. The topological polar surface area (TPSA) is 38.3 Å². The number of cyclic esters (lactones) is 1. The summed E-state index contributed by atoms with van der Waals surface area (Å²) in [5.74, 6) is 0.390. The number of hydrogen-bond donors (Lipinski definition) is 1. The number of carbonyl (C=O) groups is 1. The molecule has 0 bridgehead atoms. The molecule has 1 atom stereocenters. The lowest BCUT2D eigenvalue weighted by molar-refractivity contribution is 0.0687. The van der Waals surface area contributed by atoms with Crippen molar-refractivity contribution in [3.63, 3.8) is 0 Å². The molecule has 1 heterocycles. The Morgan fingerprint density at radius 3 is 2.78 bits per heavy atom. The van der Waals surface area contributed by atoms with Crippen LogP contribution >= 0.6 is 27.5 Å². The predicted molar refractivity (Wildman–Crippen MR) is 74.0 cm³/mol. The normalized spacial score (nSPS) is 23.4. The first kappa shape index (κ1) is 12.3. The molecule has 2 aliphatic rings. The van der Waals surface area contributed by atoms with Crippen molar-refractivity contribution in [3.8, 4) is 0 Å². The average molecular weight is 331 g/mol. The molecule has 1 aliphatic carbocycles. The fourth-order valence-corrected chi connectivity index (χ4v) is 3.48. The highest BCUT2D eigenvalue weighted by molar-refractivity contribution is 9.10. The van der Waals surface area contributed by atoms with Crippen LogP contribution in [0.1, 0.15) is 37.4 Å². The zero-order chi connectivity index (χ0) is 12.7. The second-order valence-electron chi connectivity index (χ2n) is 4.82. The SMILES string of the molecule is O=C1Nc2ccc(Br)c(Cl)c2C(C2CCCC2)O1. The minimum atomic E-state index is -0.377. The van der Waals surface area contributed by atoms with Crippen LogP contribution in [-0.4, -0.2) is 6.09 Å². The highest BCUT2D eigenvalue weighted by atomic mass is 79.9. The maximum Gasteiger partial charge on any atom is 0.412 e. The predicted octanol–water partition coefficient (Wildman–Crippen LogP) is 4.90. The minimum Gasteiger partial charge on any atom is -0.441 e. The molecule has 1 amide bonds. The number of fused-ring (bicyclic) bond motifs is 1. The van der Waals surface area contributed by atoms with Crippen LogP contribution in [0.25, 0.3) is 0 Å². The summed E-state index contributed by atoms with van der Waals surface area (Å²) in [7, 11) is 0. The summed E-state index contributed by atoms with van der Waals surface area (Å²) >= 11 is 9.78. The van der Waals surface area contributed by atoms with E-state index in [-0.39, 0.29) is 12.2 Å². The summed E-state index contributed by atoms with van der Waals surface area (Å²) in [6.45, 7) is 0. The molecule has 96 valence electrons. The van der Waals surface area contributed by atoms with Crippen LogP contribution < -0.4 is 5.32 Å². The third-order valence-electron chi connectivity index (χ3n) is 3.72. The Kier molecular flexibility index (Phi) is 3.24. The molecule has 0 aromatic heterocycles. The van der Waals surface area contributed by atoms with E-state index in [0.717, 1.165) is 28.6 Å². The number of halogens is 2. The van der Waals surface area contributed by atoms with Crippen molar-refractivity contribution in [1.82, 2.24) is 0 Å². The van der Waals surface area contributed by atoms with E-state index in [9.17, 15) is 4.79 Å². The Hall–Kier alpha value is -0.740. The molecule has 18 heavy (non-hydrogen) atoms. The summed E-state index contributed by atoms with van der Waals surface area (Å²) in [5.41, 5.74) is 1.69. The first-order valence-corrected chi connectivity index (χ1v) is 7.29. The zero-order valence-electron chi connectivity index (χ0n) is 9.71. The van der Waals surface area contributed by atoms with Crippen LogP contribution in [0.3, 0.4) is 0 Å². The van der Waals surface area contributed by atoms with Gasteiger partial charge in [0.2, 0.25) is 0 Å². The van der Waals surface area contributed by atoms with Crippen molar-refractivity contribution in [2.45, 2.75) is 31.8 Å². The van der Waals surface area contributed by atoms with E-state index >= 15 is 0 Å². The number of amides is 1. The Morgan fingerprint density at radius 2 is 2.06 bits per heavy atom. The Labute approximate surface area is 119 Å². The van der Waals surface area contributed by atoms with Gasteiger partial charge in [0.1, 0.15) is 6.10 Å². The van der Waals surface area contributed by atoms with Crippen molar-refractivity contribution in [3.05, 3.63) is 27.2 Å². The van der Waals surface area contributed by atoms with Crippen LogP contribution in [0.5, 0.6) is 0 Å². The van der Waals surface area contributed by atoms with Gasteiger partial charge in [-0.15, -0.1) is 0 Å². The lowest BCUT2D eigenvalue weighted by Gasteiger charge is -2.31. The number of anilines is 1. The number of benzene rings is 1. The van der Waals surface area contributed by atoms with E-state index in [1.165, 1.54) is 12.8 Å². The summed E-state index contributed by atoms with van der Waals surface area (Å²) in [4.78, 5) is 11.6. The molecule has 1 aromatic rings. The molecular weight excluding hydrogens is 318 g/mol. The maximum absolute atomic E-state index is 11.6. The first-order chi connectivity index (χ1) is 8.66. The molecule has 1 unspecified atom stereocenters. The van der Waals surface area contributed by atoms with Crippen LogP contribution in [0.4, 0.5) is 10.5 Å². The number of carbonyl (C=O) groups excluding carboxylic acids is 1. The fourth-order valence-electron chi connectivity index (χ4n) is 2.86. The van der Waals surface area contributed by atoms with Crippen LogP contribution in [0, 0.1) is 5.92 Å². The van der Waals surface area contributed by atoms with Crippen molar-refractivity contribution >= 4 is 39.3 Å². The van der Waals surface area contributed by atoms with Gasteiger partial charge in [0.15, 0.2) is 0 Å². The monoisotopic (exact) mass is 329 g/mol. The Bertz CT molecular complexity index is 500. The lowest BCUT2D eigenvalue weighted by atomic mass is 9.92. The molecule has 1 fully saturated rings. The van der Waals surface area contributed by atoms with E-state index in [1.807, 2.05) is 12.1 Å². The van der Waals surface area contributed by atoms with Gasteiger partial charge in [-0.1, -0.05) is 24.4 Å². The lowest BCUT2D eigenvalue weighted by Crippen LogP contribution is -2.28. The molecule has 5 heteroatoms. The van der Waals surface area contributed by atoms with Gasteiger partial charge < -0.3 is 4.74 Å². The third-order valence-corrected chi connectivity index (χ3v) is 5.01. The molecule has 0 radical (unpaired) electrons. The molecule has 3 rings (SSSR count). The quantitative estimate of drug-likeness (QED) is 0.795. The van der Waals surface area contributed by atoms with Crippen molar-refractivity contribution in [2.24, 2.45) is 5.92 Å². The molecule has 1 saturated carbocycles. The van der Waals surface area contributed by atoms with Crippen molar-refractivity contribution in [1.29, 1.82) is 0 Å². The Balaban J connectivity index is 2.07. The van der Waals surface area contributed by atoms with E-state index in [4.69, 9.17) is 16.3 Å². The second-order valence-corrected chi connectivity index (χ2v) is 6.05. The van der Waals surface area contributed by atoms with Crippen LogP contribution in [0.15, 0.2) is 16.6 Å². The molecule has 1 aromatic carbocycles. The van der Waals surface area contributed by atoms with E-state index in [2.05, 4.69) is 21.2 Å². The maximum atomic E-state index is 11.6. The summed E-state index contributed by atoms with van der Waals surface area (Å²) in [6.07, 6.45) is 4.01. The van der Waals surface area contributed by atoms with Gasteiger partial charge in [-0.05, 0) is 40.9 Å². The van der Waals surface area contributed by atoms with Gasteiger partial charge >= 0.3 is 6.09 Å². The number of ether oxygens (including phenoxy) is 1.